The fourth-order valence-corrected chi connectivity index (χ4v) is 6.14. The Morgan fingerprint density at radius 2 is 1.71 bits per heavy atom. The molecule has 4 heteroatoms. The first kappa shape index (κ1) is 16.6. The predicted octanol–water partition coefficient (Wildman–Crippen LogP) is 3.16. The van der Waals surface area contributed by atoms with Gasteiger partial charge in [0.15, 0.2) is 6.54 Å². The molecule has 0 unspecified atom stereocenters. The van der Waals surface area contributed by atoms with E-state index in [1.165, 1.54) is 38.5 Å². The highest BCUT2D eigenvalue weighted by Gasteiger charge is 2.53. The Morgan fingerprint density at radius 3 is 2.25 bits per heavy atom. The Balaban J connectivity index is 1.31. The molecule has 1 amide bonds. The zero-order valence-corrected chi connectivity index (χ0v) is 16.0. The van der Waals surface area contributed by atoms with E-state index >= 15 is 0 Å². The Labute approximate surface area is 153 Å². The van der Waals surface area contributed by atoms with E-state index in [-0.39, 0.29) is 11.9 Å². The molecule has 130 valence electrons. The third kappa shape index (κ3) is 3.41. The van der Waals surface area contributed by atoms with Gasteiger partial charge in [-0.2, -0.15) is 0 Å². The van der Waals surface area contributed by atoms with Gasteiger partial charge in [-0.25, -0.2) is 0 Å². The van der Waals surface area contributed by atoms with Gasteiger partial charge in [-0.05, 0) is 61.6 Å². The number of rotatable bonds is 5. The van der Waals surface area contributed by atoms with Crippen molar-refractivity contribution >= 4 is 21.8 Å². The van der Waals surface area contributed by atoms with Gasteiger partial charge in [0.05, 0.1) is 11.6 Å². The van der Waals surface area contributed by atoms with Gasteiger partial charge in [0.1, 0.15) is 0 Å². The summed E-state index contributed by atoms with van der Waals surface area (Å²) in [6, 6.07) is 8.25. The number of quaternary nitrogens is 1. The van der Waals surface area contributed by atoms with E-state index < -0.39 is 0 Å². The lowest BCUT2D eigenvalue weighted by Crippen LogP contribution is -3.00. The lowest BCUT2D eigenvalue weighted by Gasteiger charge is -2.54. The van der Waals surface area contributed by atoms with E-state index in [1.807, 2.05) is 12.1 Å². The number of nitrogens with two attached hydrogens (primary N) is 1. The van der Waals surface area contributed by atoms with Gasteiger partial charge >= 0.3 is 0 Å². The van der Waals surface area contributed by atoms with Crippen LogP contribution in [0.4, 0.5) is 0 Å². The van der Waals surface area contributed by atoms with Crippen LogP contribution in [0.1, 0.15) is 57.1 Å². The molecule has 0 radical (unpaired) electrons. The summed E-state index contributed by atoms with van der Waals surface area (Å²) in [6.07, 6.45) is 8.40. The third-order valence-electron chi connectivity index (χ3n) is 6.55. The third-order valence-corrected chi connectivity index (χ3v) is 7.08. The first-order chi connectivity index (χ1) is 11.5. The molecule has 1 aromatic rings. The number of nitrogens with one attached hydrogen (secondary N) is 1. The Kier molecular flexibility index (Phi) is 4.46. The van der Waals surface area contributed by atoms with Crippen LogP contribution in [0, 0.1) is 17.8 Å². The quantitative estimate of drug-likeness (QED) is 0.795. The Hall–Kier alpha value is -0.870. The number of carbonyl (C=O) groups is 1. The summed E-state index contributed by atoms with van der Waals surface area (Å²) in [5.41, 5.74) is 1.54. The molecule has 4 aliphatic rings. The van der Waals surface area contributed by atoms with Crippen molar-refractivity contribution in [3.8, 4) is 0 Å². The highest BCUT2D eigenvalue weighted by atomic mass is 79.9. The number of carbonyl (C=O) groups excluding carboxylic acids is 1. The first-order valence-electron chi connectivity index (χ1n) is 9.40. The van der Waals surface area contributed by atoms with Gasteiger partial charge in [-0.1, -0.05) is 28.1 Å². The van der Waals surface area contributed by atoms with Crippen molar-refractivity contribution in [2.75, 3.05) is 6.54 Å². The molecule has 4 aliphatic carbocycles. The van der Waals surface area contributed by atoms with Crippen LogP contribution in [-0.4, -0.2) is 18.0 Å². The van der Waals surface area contributed by atoms with Crippen LogP contribution < -0.4 is 10.6 Å². The molecule has 0 saturated heterocycles. The average Bonchev–Trinajstić information content (AvgIpc) is 2.52. The van der Waals surface area contributed by atoms with Gasteiger partial charge < -0.3 is 10.6 Å². The number of halogens is 1. The molecule has 0 aliphatic heterocycles. The lowest BCUT2D eigenvalue weighted by atomic mass is 9.53. The van der Waals surface area contributed by atoms with Crippen molar-refractivity contribution in [2.45, 2.75) is 57.0 Å². The number of hydrogen-bond donors (Lipinski definition) is 2. The fraction of sp³-hybridized carbons (Fsp3) is 0.650. The molecule has 3 N–H and O–H groups in total. The molecule has 0 heterocycles. The molecule has 0 aromatic heterocycles. The van der Waals surface area contributed by atoms with Gasteiger partial charge in [0.25, 0.3) is 5.91 Å². The van der Waals surface area contributed by atoms with Crippen molar-refractivity contribution in [1.82, 2.24) is 5.32 Å². The minimum atomic E-state index is 0.0652. The van der Waals surface area contributed by atoms with Crippen LogP contribution in [0.15, 0.2) is 28.7 Å². The van der Waals surface area contributed by atoms with Crippen molar-refractivity contribution in [3.05, 3.63) is 34.3 Å². The fourth-order valence-electron chi connectivity index (χ4n) is 5.87. The summed E-state index contributed by atoms with van der Waals surface area (Å²) in [6.45, 7) is 2.64. The van der Waals surface area contributed by atoms with Gasteiger partial charge in [0.2, 0.25) is 0 Å². The van der Waals surface area contributed by atoms with E-state index in [4.69, 9.17) is 0 Å². The summed E-state index contributed by atoms with van der Waals surface area (Å²) in [5.74, 6) is 2.99. The molecule has 1 atom stereocenters. The largest absolute Gasteiger partial charge is 0.345 e. The highest BCUT2D eigenvalue weighted by Crippen LogP contribution is 2.54. The average molecular weight is 392 g/mol. The molecule has 4 fully saturated rings. The van der Waals surface area contributed by atoms with Crippen LogP contribution in [-0.2, 0) is 4.79 Å². The standard InChI is InChI=1S/C20H27BrN2O/c1-13(17-2-4-18(21)5-3-17)23-19(24)12-22-20-9-14-6-15(10-20)8-16(7-14)11-20/h2-5,13-16,22H,6-12H2,1H3,(H,23,24)/p+1/t13-,14?,15?,16?,20?/m1/s1. The van der Waals surface area contributed by atoms with Crippen LogP contribution in [0.3, 0.4) is 0 Å². The zero-order chi connectivity index (χ0) is 16.7. The Bertz CT molecular complexity index is 577. The zero-order valence-electron chi connectivity index (χ0n) is 14.4. The maximum Gasteiger partial charge on any atom is 0.275 e. The van der Waals surface area contributed by atoms with E-state index in [0.29, 0.717) is 12.1 Å². The maximum absolute atomic E-state index is 12.4. The van der Waals surface area contributed by atoms with Crippen LogP contribution in [0.25, 0.3) is 0 Å². The summed E-state index contributed by atoms with van der Waals surface area (Å²) in [7, 11) is 0. The summed E-state index contributed by atoms with van der Waals surface area (Å²) in [4.78, 5) is 12.4. The monoisotopic (exact) mass is 391 g/mol. The van der Waals surface area contributed by atoms with Gasteiger partial charge in [-0.3, -0.25) is 4.79 Å². The van der Waals surface area contributed by atoms with Crippen molar-refractivity contribution in [3.63, 3.8) is 0 Å². The Morgan fingerprint density at radius 1 is 1.17 bits per heavy atom. The summed E-state index contributed by atoms with van der Waals surface area (Å²) < 4.78 is 1.07. The van der Waals surface area contributed by atoms with E-state index in [2.05, 4.69) is 45.6 Å². The van der Waals surface area contributed by atoms with E-state index in [0.717, 1.165) is 27.8 Å². The minimum absolute atomic E-state index is 0.0652. The molecule has 1 aromatic carbocycles. The first-order valence-corrected chi connectivity index (χ1v) is 10.2. The number of amides is 1. The number of benzene rings is 1. The highest BCUT2D eigenvalue weighted by molar-refractivity contribution is 9.10. The van der Waals surface area contributed by atoms with Crippen LogP contribution in [0.5, 0.6) is 0 Å². The summed E-state index contributed by atoms with van der Waals surface area (Å²) in [5, 5.41) is 5.55. The van der Waals surface area contributed by atoms with Gasteiger partial charge in [0, 0.05) is 23.7 Å². The van der Waals surface area contributed by atoms with E-state index in [9.17, 15) is 4.79 Å². The maximum atomic E-state index is 12.4. The smallest absolute Gasteiger partial charge is 0.275 e. The number of hydrogen-bond acceptors (Lipinski definition) is 1. The molecule has 4 saturated carbocycles. The molecule has 0 spiro atoms. The van der Waals surface area contributed by atoms with Crippen LogP contribution in [0.2, 0.25) is 0 Å². The topological polar surface area (TPSA) is 45.7 Å². The molecule has 5 rings (SSSR count). The lowest BCUT2D eigenvalue weighted by molar-refractivity contribution is -0.730. The normalized spacial score (nSPS) is 35.0. The predicted molar refractivity (Wildman–Crippen MR) is 98.4 cm³/mol. The van der Waals surface area contributed by atoms with Crippen molar-refractivity contribution < 1.29 is 10.1 Å². The second kappa shape index (κ2) is 6.45. The van der Waals surface area contributed by atoms with Crippen molar-refractivity contribution in [1.29, 1.82) is 0 Å². The molecule has 4 bridgehead atoms. The molecule has 3 nitrogen and oxygen atoms in total. The van der Waals surface area contributed by atoms with E-state index in [1.54, 1.807) is 0 Å². The minimum Gasteiger partial charge on any atom is -0.345 e. The van der Waals surface area contributed by atoms with Crippen LogP contribution >= 0.6 is 15.9 Å². The molecular weight excluding hydrogens is 364 g/mol. The molecule has 24 heavy (non-hydrogen) atoms. The SMILES string of the molecule is C[C@@H](NC(=O)C[NH2+]C12CC3CC(CC(C3)C1)C2)c1ccc(Br)cc1. The second-order valence-electron chi connectivity index (χ2n) is 8.53. The summed E-state index contributed by atoms with van der Waals surface area (Å²) >= 11 is 3.45. The molecular formula is C20H28BrN2O+. The van der Waals surface area contributed by atoms with Crippen molar-refractivity contribution in [2.24, 2.45) is 17.8 Å². The second-order valence-corrected chi connectivity index (χ2v) is 9.44. The van der Waals surface area contributed by atoms with Gasteiger partial charge in [-0.15, -0.1) is 0 Å².